The van der Waals surface area contributed by atoms with Gasteiger partial charge in [-0.15, -0.1) is 0 Å². The van der Waals surface area contributed by atoms with E-state index < -0.39 is 22.9 Å². The molecule has 0 unspecified atom stereocenters. The highest BCUT2D eigenvalue weighted by Gasteiger charge is 2.48. The smallest absolute Gasteiger partial charge is 0.314 e. The number of nitrogens with two attached hydrogens (primary N) is 1. The quantitative estimate of drug-likeness (QED) is 0.803. The molecule has 7 nitrogen and oxygen atoms in total. The first-order valence-corrected chi connectivity index (χ1v) is 8.65. The lowest BCUT2D eigenvalue weighted by molar-refractivity contribution is -0.156. The van der Waals surface area contributed by atoms with Crippen LogP contribution in [-0.2, 0) is 9.59 Å². The molecule has 26 heavy (non-hydrogen) atoms. The molecule has 2 rings (SSSR count). The third-order valence-electron chi connectivity index (χ3n) is 4.79. The van der Waals surface area contributed by atoms with Crippen molar-refractivity contribution in [2.45, 2.75) is 57.7 Å². The topological polar surface area (TPSA) is 93.9 Å². The van der Waals surface area contributed by atoms with Crippen molar-refractivity contribution in [3.05, 3.63) is 18.2 Å². The first-order valence-electron chi connectivity index (χ1n) is 8.65. The molecule has 1 aromatic rings. The molecule has 1 aliphatic heterocycles. The molecule has 1 aromatic carbocycles. The summed E-state index contributed by atoms with van der Waals surface area (Å²) in [5.41, 5.74) is 5.53. The number of likely N-dealkylation sites (tertiary alicyclic amines) is 1. The molecule has 7 heteroatoms. The maximum atomic E-state index is 13.0. The summed E-state index contributed by atoms with van der Waals surface area (Å²) in [6.45, 7) is 7.75. The Morgan fingerprint density at radius 3 is 2.19 bits per heavy atom. The monoisotopic (exact) mass is 363 g/mol. The van der Waals surface area contributed by atoms with E-state index in [1.54, 1.807) is 30.2 Å². The maximum absolute atomic E-state index is 13.0. The van der Waals surface area contributed by atoms with Crippen molar-refractivity contribution in [3.63, 3.8) is 0 Å². The van der Waals surface area contributed by atoms with Gasteiger partial charge < -0.3 is 25.4 Å². The molecule has 0 radical (unpaired) electrons. The Morgan fingerprint density at radius 2 is 1.69 bits per heavy atom. The largest absolute Gasteiger partial charge is 0.497 e. The Morgan fingerprint density at radius 1 is 1.12 bits per heavy atom. The molecule has 0 saturated carbocycles. The normalized spacial score (nSPS) is 19.0. The first kappa shape index (κ1) is 20.0. The van der Waals surface area contributed by atoms with Crippen LogP contribution in [0.2, 0.25) is 0 Å². The van der Waals surface area contributed by atoms with Crippen molar-refractivity contribution >= 4 is 17.5 Å². The number of rotatable bonds is 3. The van der Waals surface area contributed by atoms with Gasteiger partial charge in [0.25, 0.3) is 0 Å². The highest BCUT2D eigenvalue weighted by atomic mass is 16.5. The van der Waals surface area contributed by atoms with Gasteiger partial charge in [-0.3, -0.25) is 9.59 Å². The summed E-state index contributed by atoms with van der Waals surface area (Å²) < 4.78 is 10.4. The van der Waals surface area contributed by atoms with Gasteiger partial charge in [0.15, 0.2) is 0 Å². The molecule has 1 aliphatic rings. The summed E-state index contributed by atoms with van der Waals surface area (Å²) in [6.07, 6.45) is 1.28. The number of carbonyl (C=O) groups excluding carboxylic acids is 2. The lowest BCUT2D eigenvalue weighted by Gasteiger charge is -2.54. The molecule has 0 aromatic heterocycles. The number of piperidine rings is 1. The molecule has 0 spiro atoms. The Labute approximate surface area is 154 Å². The minimum atomic E-state index is -0.704. The predicted octanol–water partition coefficient (Wildman–Crippen LogP) is 2.15. The van der Waals surface area contributed by atoms with E-state index >= 15 is 0 Å². The van der Waals surface area contributed by atoms with Crippen LogP contribution >= 0.6 is 0 Å². The summed E-state index contributed by atoms with van der Waals surface area (Å²) >= 11 is 0. The van der Waals surface area contributed by atoms with Crippen LogP contribution in [0.3, 0.4) is 0 Å². The predicted molar refractivity (Wildman–Crippen MR) is 100 cm³/mol. The zero-order valence-electron chi connectivity index (χ0n) is 16.4. The van der Waals surface area contributed by atoms with Gasteiger partial charge >= 0.3 is 11.8 Å². The molecule has 0 aliphatic carbocycles. The van der Waals surface area contributed by atoms with E-state index in [-0.39, 0.29) is 6.04 Å². The van der Waals surface area contributed by atoms with Gasteiger partial charge in [0, 0.05) is 23.2 Å². The summed E-state index contributed by atoms with van der Waals surface area (Å²) in [6, 6.07) is 4.98. The molecule has 3 N–H and O–H groups in total. The van der Waals surface area contributed by atoms with Gasteiger partial charge in [0.2, 0.25) is 0 Å². The van der Waals surface area contributed by atoms with Crippen molar-refractivity contribution in [1.82, 2.24) is 4.90 Å². The highest BCUT2D eigenvalue weighted by molar-refractivity contribution is 6.40. The Hall–Kier alpha value is -2.28. The minimum absolute atomic E-state index is 0.00575. The molecule has 2 amide bonds. The number of benzene rings is 1. The second-order valence-corrected chi connectivity index (χ2v) is 7.95. The van der Waals surface area contributed by atoms with Crippen LogP contribution in [-0.4, -0.2) is 48.1 Å². The van der Waals surface area contributed by atoms with E-state index in [0.717, 1.165) is 0 Å². The average molecular weight is 363 g/mol. The lowest BCUT2D eigenvalue weighted by Crippen LogP contribution is -2.66. The third kappa shape index (κ3) is 3.93. The second kappa shape index (κ2) is 7.15. The number of amides is 2. The number of carbonyl (C=O) groups is 2. The van der Waals surface area contributed by atoms with E-state index in [1.165, 1.54) is 7.11 Å². The number of nitrogens with one attached hydrogen (secondary N) is 1. The highest BCUT2D eigenvalue weighted by Crippen LogP contribution is 2.38. The van der Waals surface area contributed by atoms with Crippen LogP contribution in [0.1, 0.15) is 40.5 Å². The number of anilines is 1. The van der Waals surface area contributed by atoms with Crippen molar-refractivity contribution in [1.29, 1.82) is 0 Å². The molecular formula is C19H29N3O4. The van der Waals surface area contributed by atoms with Crippen LogP contribution in [0.4, 0.5) is 5.69 Å². The van der Waals surface area contributed by atoms with Gasteiger partial charge in [-0.2, -0.15) is 0 Å². The number of hydrogen-bond donors (Lipinski definition) is 2. The van der Waals surface area contributed by atoms with Crippen molar-refractivity contribution in [2.24, 2.45) is 5.73 Å². The van der Waals surface area contributed by atoms with Gasteiger partial charge in [0.1, 0.15) is 11.5 Å². The summed E-state index contributed by atoms with van der Waals surface area (Å²) in [5, 5.41) is 2.65. The molecule has 1 fully saturated rings. The number of ether oxygens (including phenoxy) is 2. The van der Waals surface area contributed by atoms with Crippen LogP contribution < -0.4 is 20.5 Å². The van der Waals surface area contributed by atoms with Gasteiger partial charge in [0.05, 0.1) is 19.9 Å². The maximum Gasteiger partial charge on any atom is 0.314 e. The van der Waals surface area contributed by atoms with E-state index in [9.17, 15) is 9.59 Å². The zero-order chi connectivity index (χ0) is 19.7. The van der Waals surface area contributed by atoms with Gasteiger partial charge in [-0.05, 0) is 52.7 Å². The fourth-order valence-electron chi connectivity index (χ4n) is 4.09. The fourth-order valence-corrected chi connectivity index (χ4v) is 4.09. The lowest BCUT2D eigenvalue weighted by atomic mass is 9.77. The van der Waals surface area contributed by atoms with E-state index in [4.69, 9.17) is 15.2 Å². The number of nitrogens with zero attached hydrogens (tertiary/aromatic N) is 1. The average Bonchev–Trinajstić information content (AvgIpc) is 2.52. The van der Waals surface area contributed by atoms with E-state index in [0.29, 0.717) is 30.0 Å². The Bertz CT molecular complexity index is 682. The number of methoxy groups -OCH3 is 2. The molecule has 1 saturated heterocycles. The van der Waals surface area contributed by atoms with E-state index in [2.05, 4.69) is 5.32 Å². The van der Waals surface area contributed by atoms with Crippen LogP contribution in [0.15, 0.2) is 18.2 Å². The fraction of sp³-hybridized carbons (Fsp3) is 0.579. The molecular weight excluding hydrogens is 334 g/mol. The minimum Gasteiger partial charge on any atom is -0.497 e. The van der Waals surface area contributed by atoms with Gasteiger partial charge in [-0.25, -0.2) is 0 Å². The summed E-state index contributed by atoms with van der Waals surface area (Å²) in [4.78, 5) is 27.3. The van der Waals surface area contributed by atoms with Gasteiger partial charge in [-0.1, -0.05) is 0 Å². The molecule has 1 heterocycles. The third-order valence-corrected chi connectivity index (χ3v) is 4.79. The molecule has 0 bridgehead atoms. The van der Waals surface area contributed by atoms with Crippen LogP contribution in [0, 0.1) is 0 Å². The van der Waals surface area contributed by atoms with Crippen molar-refractivity contribution in [2.75, 3.05) is 19.5 Å². The van der Waals surface area contributed by atoms with Crippen LogP contribution in [0.5, 0.6) is 11.5 Å². The van der Waals surface area contributed by atoms with Crippen LogP contribution in [0.25, 0.3) is 0 Å². The van der Waals surface area contributed by atoms with Crippen molar-refractivity contribution in [3.8, 4) is 11.5 Å². The SMILES string of the molecule is COc1ccc(NC(=O)C(=O)N2C(C)(C)CC(N)CC2(C)C)c(OC)c1. The number of hydrogen-bond acceptors (Lipinski definition) is 5. The zero-order valence-corrected chi connectivity index (χ0v) is 16.4. The second-order valence-electron chi connectivity index (χ2n) is 7.95. The Balaban J connectivity index is 2.25. The standard InChI is InChI=1S/C19H29N3O4/c1-18(2)10-12(20)11-19(3,4)22(18)17(24)16(23)21-14-8-7-13(25-5)9-15(14)26-6/h7-9,12H,10-11,20H2,1-6H3,(H,21,23). The Kier molecular flexibility index (Phi) is 5.51. The first-order chi connectivity index (χ1) is 12.0. The van der Waals surface area contributed by atoms with Crippen molar-refractivity contribution < 1.29 is 19.1 Å². The summed E-state index contributed by atoms with van der Waals surface area (Å²) in [7, 11) is 3.03. The molecule has 0 atom stereocenters. The molecule has 144 valence electrons. The van der Waals surface area contributed by atoms with E-state index in [1.807, 2.05) is 27.7 Å². The summed E-state index contributed by atoms with van der Waals surface area (Å²) in [5.74, 6) is -0.266.